The second-order valence-corrected chi connectivity index (χ2v) is 6.83. The van der Waals surface area contributed by atoms with Gasteiger partial charge in [-0.2, -0.15) is 0 Å². The van der Waals surface area contributed by atoms with Crippen molar-refractivity contribution in [3.63, 3.8) is 0 Å². The van der Waals surface area contributed by atoms with Gasteiger partial charge in [0.15, 0.2) is 0 Å². The molecule has 0 atom stereocenters. The predicted molar refractivity (Wildman–Crippen MR) is 78.1 cm³/mol. The third kappa shape index (κ3) is 2.89. The van der Waals surface area contributed by atoms with E-state index in [0.29, 0.717) is 10.6 Å². The van der Waals surface area contributed by atoms with Gasteiger partial charge in [0.1, 0.15) is 0 Å². The van der Waals surface area contributed by atoms with Gasteiger partial charge >= 0.3 is 0 Å². The van der Waals surface area contributed by atoms with Crippen LogP contribution in [0.3, 0.4) is 0 Å². The topological polar surface area (TPSA) is 20.3 Å². The van der Waals surface area contributed by atoms with Gasteiger partial charge in [-0.15, -0.1) is 0 Å². The van der Waals surface area contributed by atoms with Gasteiger partial charge in [-0.25, -0.2) is 0 Å². The van der Waals surface area contributed by atoms with E-state index in [1.165, 1.54) is 6.42 Å². The van der Waals surface area contributed by atoms with Gasteiger partial charge in [0.2, 0.25) is 0 Å². The van der Waals surface area contributed by atoms with E-state index in [4.69, 9.17) is 11.6 Å². The third-order valence-corrected chi connectivity index (χ3v) is 4.67. The van der Waals surface area contributed by atoms with Crippen molar-refractivity contribution in [3.05, 3.63) is 33.3 Å². The number of carbonyl (C=O) groups excluding carboxylic acids is 1. The lowest BCUT2D eigenvalue weighted by molar-refractivity contribution is 0.0583. The third-order valence-electron chi connectivity index (χ3n) is 3.37. The molecule has 0 unspecified atom stereocenters. The summed E-state index contributed by atoms with van der Waals surface area (Å²) in [5.74, 6) is 0.0362. The lowest BCUT2D eigenvalue weighted by Gasteiger charge is -2.38. The molecule has 2 nitrogen and oxygen atoms in total. The fourth-order valence-corrected chi connectivity index (χ4v) is 3.01. The number of piperidine rings is 1. The van der Waals surface area contributed by atoms with Crippen LogP contribution in [0, 0.1) is 5.41 Å². The highest BCUT2D eigenvalue weighted by Gasteiger charge is 2.30. The van der Waals surface area contributed by atoms with Gasteiger partial charge in [-0.1, -0.05) is 31.5 Å². The average Bonchev–Trinajstić information content (AvgIpc) is 2.30. The molecule has 18 heavy (non-hydrogen) atoms. The molecule has 2 rings (SSSR count). The Balaban J connectivity index is 2.23. The minimum Gasteiger partial charge on any atom is -0.338 e. The van der Waals surface area contributed by atoms with Gasteiger partial charge < -0.3 is 4.90 Å². The summed E-state index contributed by atoms with van der Waals surface area (Å²) in [4.78, 5) is 14.4. The molecule has 0 spiro atoms. The van der Waals surface area contributed by atoms with Crippen molar-refractivity contribution in [1.29, 1.82) is 0 Å². The first-order valence-electron chi connectivity index (χ1n) is 6.14. The molecule has 1 aliphatic rings. The molecule has 4 heteroatoms. The molecule has 0 saturated carbocycles. The molecule has 1 amide bonds. The van der Waals surface area contributed by atoms with Crippen molar-refractivity contribution >= 4 is 33.4 Å². The number of carbonyl (C=O) groups is 1. The van der Waals surface area contributed by atoms with Crippen LogP contribution in [0.25, 0.3) is 0 Å². The van der Waals surface area contributed by atoms with Crippen molar-refractivity contribution in [2.75, 3.05) is 13.1 Å². The molecule has 0 bridgehead atoms. The zero-order valence-corrected chi connectivity index (χ0v) is 13.0. The zero-order chi connectivity index (χ0) is 13.3. The Labute approximate surface area is 121 Å². The Hall–Kier alpha value is -0.540. The zero-order valence-electron chi connectivity index (χ0n) is 10.7. The summed E-state index contributed by atoms with van der Waals surface area (Å²) in [6.07, 6.45) is 2.23. The lowest BCUT2D eigenvalue weighted by atomic mass is 9.84. The van der Waals surface area contributed by atoms with E-state index in [1.54, 1.807) is 6.07 Å². The van der Waals surface area contributed by atoms with Crippen molar-refractivity contribution in [1.82, 2.24) is 4.90 Å². The van der Waals surface area contributed by atoms with Crippen LogP contribution in [0.2, 0.25) is 5.02 Å². The van der Waals surface area contributed by atoms with Crippen LogP contribution >= 0.6 is 27.5 Å². The van der Waals surface area contributed by atoms with Crippen molar-refractivity contribution < 1.29 is 4.79 Å². The Morgan fingerprint density at radius 1 is 1.44 bits per heavy atom. The molecule has 1 heterocycles. The van der Waals surface area contributed by atoms with E-state index in [2.05, 4.69) is 29.8 Å². The Morgan fingerprint density at radius 3 is 2.83 bits per heavy atom. The monoisotopic (exact) mass is 329 g/mol. The molecule has 0 aromatic heterocycles. The second-order valence-electron chi connectivity index (χ2n) is 5.60. The predicted octanol–water partition coefficient (Wildman–Crippen LogP) is 4.36. The highest BCUT2D eigenvalue weighted by atomic mass is 79.9. The van der Waals surface area contributed by atoms with Gasteiger partial charge in [-0.05, 0) is 46.3 Å². The molecular formula is C14H17BrClNO. The Morgan fingerprint density at radius 2 is 2.17 bits per heavy atom. The number of benzene rings is 1. The van der Waals surface area contributed by atoms with Crippen LogP contribution in [0.4, 0.5) is 0 Å². The smallest absolute Gasteiger partial charge is 0.255 e. The molecule has 98 valence electrons. The Kier molecular flexibility index (Phi) is 4.02. The summed E-state index contributed by atoms with van der Waals surface area (Å²) in [6.45, 7) is 6.03. The van der Waals surface area contributed by atoms with Crippen LogP contribution in [0.5, 0.6) is 0 Å². The summed E-state index contributed by atoms with van der Waals surface area (Å²) in [6, 6.07) is 5.48. The Bertz CT molecular complexity index is 473. The normalized spacial score (nSPS) is 18.8. The maximum atomic E-state index is 12.5. The lowest BCUT2D eigenvalue weighted by Crippen LogP contribution is -2.43. The summed E-state index contributed by atoms with van der Waals surface area (Å²) in [5.41, 5.74) is 0.788. The van der Waals surface area contributed by atoms with Gasteiger partial charge in [0, 0.05) is 17.6 Å². The highest BCUT2D eigenvalue weighted by molar-refractivity contribution is 9.10. The van der Waals surface area contributed by atoms with E-state index < -0.39 is 0 Å². The fourth-order valence-electron chi connectivity index (χ4n) is 2.44. The van der Waals surface area contributed by atoms with E-state index in [9.17, 15) is 4.79 Å². The largest absolute Gasteiger partial charge is 0.338 e. The van der Waals surface area contributed by atoms with Crippen molar-refractivity contribution in [3.8, 4) is 0 Å². The van der Waals surface area contributed by atoms with Crippen LogP contribution in [0.1, 0.15) is 37.0 Å². The molecule has 0 radical (unpaired) electrons. The quantitative estimate of drug-likeness (QED) is 0.749. The van der Waals surface area contributed by atoms with Crippen molar-refractivity contribution in [2.24, 2.45) is 5.41 Å². The van der Waals surface area contributed by atoms with E-state index in [1.807, 2.05) is 17.0 Å². The number of amides is 1. The number of nitrogens with zero attached hydrogens (tertiary/aromatic N) is 1. The number of hydrogen-bond acceptors (Lipinski definition) is 1. The van der Waals surface area contributed by atoms with Crippen LogP contribution in [0.15, 0.2) is 22.7 Å². The first-order chi connectivity index (χ1) is 8.41. The number of halogens is 2. The highest BCUT2D eigenvalue weighted by Crippen LogP contribution is 2.31. The minimum atomic E-state index is 0.0362. The number of hydrogen-bond donors (Lipinski definition) is 0. The van der Waals surface area contributed by atoms with Crippen LogP contribution in [-0.4, -0.2) is 23.9 Å². The molecule has 0 aliphatic carbocycles. The maximum Gasteiger partial charge on any atom is 0.255 e. The van der Waals surface area contributed by atoms with E-state index in [-0.39, 0.29) is 11.3 Å². The second kappa shape index (κ2) is 5.22. The fraction of sp³-hybridized carbons (Fsp3) is 0.500. The molecular weight excluding hydrogens is 314 g/mol. The number of rotatable bonds is 1. The average molecular weight is 331 g/mol. The molecule has 1 aromatic rings. The van der Waals surface area contributed by atoms with Gasteiger partial charge in [0.05, 0.1) is 10.6 Å². The molecule has 1 saturated heterocycles. The minimum absolute atomic E-state index is 0.0362. The van der Waals surface area contributed by atoms with Gasteiger partial charge in [-0.3, -0.25) is 4.79 Å². The SMILES string of the molecule is CC1(C)CCCN(C(=O)c2cccc(Br)c2Cl)C1. The van der Waals surface area contributed by atoms with Crippen LogP contribution in [-0.2, 0) is 0 Å². The standard InChI is InChI=1S/C14H17BrClNO/c1-14(2)7-4-8-17(9-14)13(18)10-5-3-6-11(15)12(10)16/h3,5-6H,4,7-9H2,1-2H3. The molecule has 1 aromatic carbocycles. The summed E-state index contributed by atoms with van der Waals surface area (Å²) in [5, 5.41) is 0.505. The first kappa shape index (κ1) is 13.9. The van der Waals surface area contributed by atoms with E-state index in [0.717, 1.165) is 24.0 Å². The number of likely N-dealkylation sites (tertiary alicyclic amines) is 1. The summed E-state index contributed by atoms with van der Waals surface area (Å²) >= 11 is 9.54. The molecule has 0 N–H and O–H groups in total. The maximum absolute atomic E-state index is 12.5. The molecule has 1 aliphatic heterocycles. The van der Waals surface area contributed by atoms with E-state index >= 15 is 0 Å². The molecule has 1 fully saturated rings. The first-order valence-corrected chi connectivity index (χ1v) is 7.31. The van der Waals surface area contributed by atoms with Gasteiger partial charge in [0.25, 0.3) is 5.91 Å². The summed E-state index contributed by atoms with van der Waals surface area (Å²) in [7, 11) is 0. The van der Waals surface area contributed by atoms with Crippen molar-refractivity contribution in [2.45, 2.75) is 26.7 Å². The van der Waals surface area contributed by atoms with Crippen LogP contribution < -0.4 is 0 Å². The summed E-state index contributed by atoms with van der Waals surface area (Å²) < 4.78 is 0.770.